The first-order valence-electron chi connectivity index (χ1n) is 6.35. The van der Waals surface area contributed by atoms with Crippen molar-refractivity contribution in [2.45, 2.75) is 50.7 Å². The number of hydrogen-bond donors (Lipinski definition) is 0. The molecule has 0 aliphatic heterocycles. The van der Waals surface area contributed by atoms with E-state index < -0.39 is 22.1 Å². The maximum Gasteiger partial charge on any atom is 0.217 e. The van der Waals surface area contributed by atoms with Gasteiger partial charge in [0.05, 0.1) is 5.69 Å². The highest BCUT2D eigenvalue weighted by Gasteiger charge is 2.41. The van der Waals surface area contributed by atoms with Gasteiger partial charge in [-0.2, -0.15) is 4.39 Å². The fraction of sp³-hybridized carbons (Fsp3) is 0.571. The van der Waals surface area contributed by atoms with Gasteiger partial charge in [0.15, 0.2) is 0 Å². The molecule has 1 fully saturated rings. The van der Waals surface area contributed by atoms with Gasteiger partial charge in [-0.3, -0.25) is 0 Å². The molecule has 1 aliphatic carbocycles. The van der Waals surface area contributed by atoms with Gasteiger partial charge < -0.3 is 4.55 Å². The van der Waals surface area contributed by atoms with Gasteiger partial charge in [-0.05, 0) is 45.1 Å². The van der Waals surface area contributed by atoms with Crippen molar-refractivity contribution in [3.8, 4) is 0 Å². The normalized spacial score (nSPS) is 19.7. The Hall–Kier alpha value is -0.940. The SMILES string of the molecule is CC1(c2ccc(/C=N/[S+]([O-])C(C)(C)C)nc2F)CC1. The average Bonchev–Trinajstić information content (AvgIpc) is 3.03. The van der Waals surface area contributed by atoms with Crippen LogP contribution in [-0.4, -0.2) is 20.5 Å². The van der Waals surface area contributed by atoms with E-state index in [-0.39, 0.29) is 5.41 Å². The lowest BCUT2D eigenvalue weighted by Crippen LogP contribution is -2.25. The van der Waals surface area contributed by atoms with Crippen LogP contribution < -0.4 is 0 Å². The Labute approximate surface area is 116 Å². The Balaban J connectivity index is 2.15. The van der Waals surface area contributed by atoms with E-state index >= 15 is 0 Å². The van der Waals surface area contributed by atoms with Crippen LogP contribution in [0, 0.1) is 5.95 Å². The topological polar surface area (TPSA) is 48.3 Å². The summed E-state index contributed by atoms with van der Waals surface area (Å²) in [4.78, 5) is 3.88. The van der Waals surface area contributed by atoms with E-state index in [2.05, 4.69) is 9.38 Å². The Morgan fingerprint density at radius 3 is 2.53 bits per heavy atom. The molecule has 2 rings (SSSR count). The molecular weight excluding hydrogens is 263 g/mol. The van der Waals surface area contributed by atoms with Crippen molar-refractivity contribution in [1.82, 2.24) is 4.98 Å². The van der Waals surface area contributed by atoms with Crippen LogP contribution in [0.3, 0.4) is 0 Å². The number of rotatable bonds is 3. The lowest BCUT2D eigenvalue weighted by atomic mass is 10.00. The summed E-state index contributed by atoms with van der Waals surface area (Å²) in [6.07, 6.45) is 3.39. The van der Waals surface area contributed by atoms with Gasteiger partial charge in [0.1, 0.15) is 22.3 Å². The summed E-state index contributed by atoms with van der Waals surface area (Å²) < 4.78 is 29.2. The predicted octanol–water partition coefficient (Wildman–Crippen LogP) is 3.15. The second-order valence-corrected chi connectivity index (χ2v) is 8.17. The lowest BCUT2D eigenvalue weighted by molar-refractivity contribution is 0.546. The van der Waals surface area contributed by atoms with Crippen LogP contribution in [-0.2, 0) is 16.8 Å². The van der Waals surface area contributed by atoms with Crippen molar-refractivity contribution in [3.63, 3.8) is 0 Å². The monoisotopic (exact) mass is 282 g/mol. The molecule has 1 heterocycles. The number of hydrogen-bond acceptors (Lipinski definition) is 3. The van der Waals surface area contributed by atoms with E-state index in [1.165, 1.54) is 6.21 Å². The van der Waals surface area contributed by atoms with Crippen molar-refractivity contribution in [2.24, 2.45) is 4.40 Å². The Bertz CT molecular complexity index is 507. The summed E-state index contributed by atoms with van der Waals surface area (Å²) in [5.74, 6) is -0.439. The van der Waals surface area contributed by atoms with E-state index in [0.717, 1.165) is 12.8 Å². The van der Waals surface area contributed by atoms with Crippen LogP contribution >= 0.6 is 0 Å². The van der Waals surface area contributed by atoms with E-state index in [1.807, 2.05) is 27.7 Å². The van der Waals surface area contributed by atoms with Gasteiger partial charge in [0, 0.05) is 5.56 Å². The van der Waals surface area contributed by atoms with E-state index in [9.17, 15) is 8.94 Å². The Morgan fingerprint density at radius 1 is 1.42 bits per heavy atom. The molecule has 1 atom stereocenters. The van der Waals surface area contributed by atoms with Gasteiger partial charge in [0.2, 0.25) is 5.95 Å². The molecule has 0 amide bonds. The maximum atomic E-state index is 13.9. The first-order chi connectivity index (χ1) is 8.72. The smallest absolute Gasteiger partial charge is 0.217 e. The molecule has 1 aliphatic rings. The number of aromatic nitrogens is 1. The van der Waals surface area contributed by atoms with Crippen molar-refractivity contribution < 1.29 is 8.94 Å². The van der Waals surface area contributed by atoms with E-state index in [0.29, 0.717) is 11.3 Å². The van der Waals surface area contributed by atoms with Crippen molar-refractivity contribution in [3.05, 3.63) is 29.3 Å². The standard InChI is InChI=1S/C14H19FN2OS/c1-13(2,3)19(18)16-9-10-5-6-11(12(15)17-10)14(4)7-8-14/h5-6,9H,7-8H2,1-4H3/b16-9+. The van der Waals surface area contributed by atoms with Gasteiger partial charge >= 0.3 is 0 Å². The highest BCUT2D eigenvalue weighted by molar-refractivity contribution is 7.91. The lowest BCUT2D eigenvalue weighted by Gasteiger charge is -2.17. The zero-order valence-electron chi connectivity index (χ0n) is 11.7. The molecule has 0 bridgehead atoms. The Kier molecular flexibility index (Phi) is 3.71. The number of halogens is 1. The second kappa shape index (κ2) is 4.87. The first kappa shape index (κ1) is 14.5. The molecule has 3 nitrogen and oxygen atoms in total. The molecule has 0 aromatic carbocycles. The number of nitrogens with zero attached hydrogens (tertiary/aromatic N) is 2. The minimum atomic E-state index is -1.35. The number of pyridine rings is 1. The van der Waals surface area contributed by atoms with Crippen molar-refractivity contribution >= 4 is 17.6 Å². The summed E-state index contributed by atoms with van der Waals surface area (Å²) in [7, 11) is 0. The van der Waals surface area contributed by atoms with Crippen LogP contribution in [0.2, 0.25) is 0 Å². The molecule has 1 unspecified atom stereocenters. The molecule has 1 aromatic rings. The molecule has 0 radical (unpaired) electrons. The van der Waals surface area contributed by atoms with E-state index in [1.54, 1.807) is 12.1 Å². The minimum Gasteiger partial charge on any atom is -0.591 e. The third-order valence-corrected chi connectivity index (χ3v) is 4.67. The molecular formula is C14H19FN2OS. The van der Waals surface area contributed by atoms with Crippen LogP contribution in [0.5, 0.6) is 0 Å². The third kappa shape index (κ3) is 3.34. The quantitative estimate of drug-likeness (QED) is 0.486. The highest BCUT2D eigenvalue weighted by atomic mass is 32.2. The average molecular weight is 282 g/mol. The second-order valence-electron chi connectivity index (χ2n) is 6.23. The fourth-order valence-corrected chi connectivity index (χ4v) is 2.21. The molecule has 0 spiro atoms. The largest absolute Gasteiger partial charge is 0.591 e. The molecule has 0 N–H and O–H groups in total. The molecule has 1 aromatic heterocycles. The van der Waals surface area contributed by atoms with Crippen LogP contribution in [0.4, 0.5) is 4.39 Å². The predicted molar refractivity (Wildman–Crippen MR) is 76.3 cm³/mol. The summed E-state index contributed by atoms with van der Waals surface area (Å²) in [5.41, 5.74) is 1.03. The maximum absolute atomic E-state index is 13.9. The fourth-order valence-electron chi connectivity index (χ4n) is 1.69. The van der Waals surface area contributed by atoms with Crippen LogP contribution in [0.1, 0.15) is 51.8 Å². The van der Waals surface area contributed by atoms with E-state index in [4.69, 9.17) is 0 Å². The molecule has 0 saturated heterocycles. The summed E-state index contributed by atoms with van der Waals surface area (Å²) in [6, 6.07) is 3.49. The van der Waals surface area contributed by atoms with Crippen LogP contribution in [0.25, 0.3) is 0 Å². The zero-order chi connectivity index (χ0) is 14.3. The van der Waals surface area contributed by atoms with Gasteiger partial charge in [-0.1, -0.05) is 17.4 Å². The van der Waals surface area contributed by atoms with Crippen molar-refractivity contribution in [1.29, 1.82) is 0 Å². The first-order valence-corrected chi connectivity index (χ1v) is 7.46. The highest BCUT2D eigenvalue weighted by Crippen LogP contribution is 2.48. The molecule has 5 heteroatoms. The molecule has 104 valence electrons. The molecule has 1 saturated carbocycles. The van der Waals surface area contributed by atoms with Crippen molar-refractivity contribution in [2.75, 3.05) is 0 Å². The zero-order valence-corrected chi connectivity index (χ0v) is 12.6. The summed E-state index contributed by atoms with van der Waals surface area (Å²) in [6.45, 7) is 7.55. The summed E-state index contributed by atoms with van der Waals surface area (Å²) in [5, 5.41) is 0. The summed E-state index contributed by atoms with van der Waals surface area (Å²) >= 11 is -1.35. The molecule has 19 heavy (non-hydrogen) atoms. The third-order valence-electron chi connectivity index (χ3n) is 3.33. The van der Waals surface area contributed by atoms with Gasteiger partial charge in [-0.15, -0.1) is 0 Å². The Morgan fingerprint density at radius 2 is 2.05 bits per heavy atom. The van der Waals surface area contributed by atoms with Gasteiger partial charge in [0.25, 0.3) is 0 Å². The van der Waals surface area contributed by atoms with Crippen LogP contribution in [0.15, 0.2) is 16.5 Å². The minimum absolute atomic E-state index is 0.0407. The van der Waals surface area contributed by atoms with Gasteiger partial charge in [-0.25, -0.2) is 4.98 Å².